The predicted molar refractivity (Wildman–Crippen MR) is 235 cm³/mol. The number of ether oxygens (including phenoxy) is 8. The maximum atomic E-state index is 14.5. The number of amides is 4. The summed E-state index contributed by atoms with van der Waals surface area (Å²) in [6.07, 6.45) is -11.3. The van der Waals surface area contributed by atoms with Crippen molar-refractivity contribution in [1.82, 2.24) is 9.80 Å². The second kappa shape index (κ2) is 20.6. The number of carbonyl (C=O) groups is 8. The summed E-state index contributed by atoms with van der Waals surface area (Å²) in [7, 11) is 0. The van der Waals surface area contributed by atoms with Gasteiger partial charge in [0.05, 0.1) is 35.5 Å². The van der Waals surface area contributed by atoms with Crippen molar-refractivity contribution < 1.29 is 76.3 Å². The van der Waals surface area contributed by atoms with Gasteiger partial charge in [-0.2, -0.15) is 0 Å². The van der Waals surface area contributed by atoms with Gasteiger partial charge in [0.1, 0.15) is 42.4 Å². The van der Waals surface area contributed by atoms with Gasteiger partial charge < -0.3 is 37.9 Å². The van der Waals surface area contributed by atoms with Crippen LogP contribution in [0.2, 0.25) is 0 Å². The molecule has 68 heavy (non-hydrogen) atoms. The summed E-state index contributed by atoms with van der Waals surface area (Å²) >= 11 is 1.14. The van der Waals surface area contributed by atoms with Gasteiger partial charge in [0, 0.05) is 32.6 Å². The Morgan fingerprint density at radius 2 is 0.956 bits per heavy atom. The highest BCUT2D eigenvalue weighted by Crippen LogP contribution is 2.43. The molecule has 0 bridgehead atoms. The number of hydrogen-bond acceptors (Lipinski definition) is 17. The molecule has 4 heterocycles. The van der Waals surface area contributed by atoms with E-state index in [-0.39, 0.29) is 35.5 Å². The first-order valence-electron chi connectivity index (χ1n) is 21.6. The molecule has 4 aliphatic rings. The molecular formula is C49H46N2O16S. The molecule has 0 spiro atoms. The lowest BCUT2D eigenvalue weighted by Crippen LogP contribution is -2.71. The van der Waals surface area contributed by atoms with Gasteiger partial charge in [0.25, 0.3) is 23.6 Å². The van der Waals surface area contributed by atoms with Crippen LogP contribution in [0, 0.1) is 0 Å². The number of imide groups is 2. The predicted octanol–water partition coefficient (Wildman–Crippen LogP) is 4.52. The first kappa shape index (κ1) is 47.7. The molecule has 18 nitrogen and oxygen atoms in total. The quantitative estimate of drug-likeness (QED) is 0.0909. The average molecular weight is 951 g/mol. The summed E-state index contributed by atoms with van der Waals surface area (Å²) in [5, 5.41) is 0. The summed E-state index contributed by atoms with van der Waals surface area (Å²) in [5.74, 6) is -6.59. The molecule has 0 aromatic heterocycles. The Morgan fingerprint density at radius 3 is 1.46 bits per heavy atom. The van der Waals surface area contributed by atoms with E-state index < -0.39 is 115 Å². The maximum Gasteiger partial charge on any atom is 0.303 e. The summed E-state index contributed by atoms with van der Waals surface area (Å²) in [6.45, 7) is 3.52. The minimum atomic E-state index is -1.92. The Hall–Kier alpha value is -6.77. The monoisotopic (exact) mass is 950 g/mol. The van der Waals surface area contributed by atoms with Gasteiger partial charge in [0.15, 0.2) is 24.6 Å². The van der Waals surface area contributed by atoms with E-state index in [0.29, 0.717) is 4.90 Å². The van der Waals surface area contributed by atoms with Crippen LogP contribution in [0.1, 0.15) is 74.7 Å². The lowest BCUT2D eigenvalue weighted by atomic mass is 9.93. The molecule has 0 saturated carbocycles. The van der Waals surface area contributed by atoms with Crippen LogP contribution in [-0.4, -0.2) is 131 Å². The first-order chi connectivity index (χ1) is 32.7. The number of benzene rings is 4. The molecule has 0 radical (unpaired) electrons. The Bertz CT molecular complexity index is 2520. The van der Waals surface area contributed by atoms with Crippen LogP contribution >= 0.6 is 11.8 Å². The van der Waals surface area contributed by atoms with Crippen molar-refractivity contribution in [3.05, 3.63) is 137 Å². The summed E-state index contributed by atoms with van der Waals surface area (Å²) < 4.78 is 49.7. The lowest BCUT2D eigenvalue weighted by Gasteiger charge is -2.51. The van der Waals surface area contributed by atoms with E-state index in [1.807, 2.05) is 30.3 Å². The lowest BCUT2D eigenvalue weighted by molar-refractivity contribution is -0.322. The van der Waals surface area contributed by atoms with E-state index in [1.54, 1.807) is 54.6 Å². The van der Waals surface area contributed by atoms with Gasteiger partial charge in [-0.1, -0.05) is 84.6 Å². The molecule has 0 aliphatic carbocycles. The smallest absolute Gasteiger partial charge is 0.303 e. The third-order valence-electron chi connectivity index (χ3n) is 11.5. The second-order valence-electron chi connectivity index (χ2n) is 16.2. The average Bonchev–Trinajstić information content (AvgIpc) is 3.71. The number of fused-ring (bicyclic) bond motifs is 2. The highest BCUT2D eigenvalue weighted by Gasteiger charge is 2.61. The Balaban J connectivity index is 1.29. The van der Waals surface area contributed by atoms with E-state index in [1.165, 1.54) is 24.3 Å². The van der Waals surface area contributed by atoms with E-state index in [2.05, 4.69) is 0 Å². The number of rotatable bonds is 15. The molecule has 8 rings (SSSR count). The van der Waals surface area contributed by atoms with Crippen LogP contribution in [-0.2, 0) is 63.7 Å². The van der Waals surface area contributed by atoms with Crippen LogP contribution < -0.4 is 0 Å². The van der Waals surface area contributed by atoms with Gasteiger partial charge in [-0.25, -0.2) is 0 Å². The standard InChI is InChI=1S/C49H46N2O16S/c1-26(52)61-25-37-40(62-27(2)53)42(63-28(3)54)38(50-44(56)32-19-11-12-20-33(32)45(50)57)48(65-37)67-41-36(24-60-23-30-15-7-5-8-16-30)66-49(68-31-17-9-6-10-18-31)39(43(41)64-29(4)55)51-46(58)34-21-13-14-22-35(34)47(51)59/h5-22,36-43,48-49H,23-25H2,1-4H3/t36-,37-,38-,39-,40-,41-,42-,43-,48+,49+/m1/s1. The van der Waals surface area contributed by atoms with Crippen molar-refractivity contribution in [2.45, 2.75) is 99.6 Å². The van der Waals surface area contributed by atoms with E-state index in [0.717, 1.165) is 54.8 Å². The fraction of sp³-hybridized carbons (Fsp3) is 0.347. The van der Waals surface area contributed by atoms with Gasteiger partial charge in [-0.15, -0.1) is 0 Å². The van der Waals surface area contributed by atoms with E-state index >= 15 is 0 Å². The van der Waals surface area contributed by atoms with Crippen LogP contribution in [0.4, 0.5) is 0 Å². The zero-order chi connectivity index (χ0) is 48.2. The zero-order valence-electron chi connectivity index (χ0n) is 37.1. The van der Waals surface area contributed by atoms with Crippen LogP contribution in [0.3, 0.4) is 0 Å². The molecule has 2 saturated heterocycles. The second-order valence-corrected chi connectivity index (χ2v) is 17.3. The number of hydrogen-bond donors (Lipinski definition) is 0. The van der Waals surface area contributed by atoms with Gasteiger partial charge in [0.2, 0.25) is 0 Å². The van der Waals surface area contributed by atoms with Crippen molar-refractivity contribution in [3.63, 3.8) is 0 Å². The summed E-state index contributed by atoms with van der Waals surface area (Å²) in [4.78, 5) is 112. The zero-order valence-corrected chi connectivity index (χ0v) is 37.9. The normalized spacial score (nSPS) is 26.5. The number of thioether (sulfide) groups is 1. The molecule has 4 amide bonds. The van der Waals surface area contributed by atoms with Crippen molar-refractivity contribution in [3.8, 4) is 0 Å². The fourth-order valence-electron chi connectivity index (χ4n) is 8.77. The highest BCUT2D eigenvalue weighted by atomic mass is 32.2. The molecular weight excluding hydrogens is 905 g/mol. The molecule has 0 N–H and O–H groups in total. The number of carbonyl (C=O) groups excluding carboxylic acids is 8. The molecule has 10 atom stereocenters. The molecule has 2 fully saturated rings. The van der Waals surface area contributed by atoms with E-state index in [4.69, 9.17) is 37.9 Å². The largest absolute Gasteiger partial charge is 0.463 e. The molecule has 19 heteroatoms. The fourth-order valence-corrected chi connectivity index (χ4v) is 9.96. The van der Waals surface area contributed by atoms with Crippen LogP contribution in [0.5, 0.6) is 0 Å². The SMILES string of the molecule is CC(=O)OC[C@H]1O[C@@H](O[C@H]2[C@H](OC(C)=O)[C@@H](N3C(=O)c4ccccc4C3=O)[C@H](Sc3ccccc3)O[C@@H]2COCc2ccccc2)[C@H](N2C(=O)c3ccccc3C2=O)[C@@H](OC(C)=O)[C@@H]1OC(C)=O. The molecule has 4 aliphatic heterocycles. The van der Waals surface area contributed by atoms with Gasteiger partial charge in [-0.05, 0) is 42.0 Å². The molecule has 4 aromatic carbocycles. The Kier molecular flexibility index (Phi) is 14.5. The van der Waals surface area contributed by atoms with Gasteiger partial charge >= 0.3 is 23.9 Å². The van der Waals surface area contributed by atoms with Crippen molar-refractivity contribution in [2.24, 2.45) is 0 Å². The van der Waals surface area contributed by atoms with Crippen molar-refractivity contribution in [2.75, 3.05) is 13.2 Å². The summed E-state index contributed by atoms with van der Waals surface area (Å²) in [5.41, 5.74) is -0.242. The molecule has 4 aromatic rings. The molecule has 0 unspecified atom stereocenters. The maximum absolute atomic E-state index is 14.5. The highest BCUT2D eigenvalue weighted by molar-refractivity contribution is 7.99. The Morgan fingerprint density at radius 1 is 0.515 bits per heavy atom. The first-order valence-corrected chi connectivity index (χ1v) is 22.5. The number of nitrogens with zero attached hydrogens (tertiary/aromatic N) is 2. The van der Waals surface area contributed by atoms with E-state index in [9.17, 15) is 38.4 Å². The Labute approximate surface area is 394 Å². The number of esters is 4. The topological polar surface area (TPSA) is 217 Å². The summed E-state index contributed by atoms with van der Waals surface area (Å²) in [6, 6.07) is 27.0. The third-order valence-corrected chi connectivity index (χ3v) is 12.7. The minimum Gasteiger partial charge on any atom is -0.463 e. The van der Waals surface area contributed by atoms with Crippen LogP contribution in [0.25, 0.3) is 0 Å². The van der Waals surface area contributed by atoms with Gasteiger partial charge in [-0.3, -0.25) is 48.2 Å². The van der Waals surface area contributed by atoms with Crippen LogP contribution in [0.15, 0.2) is 114 Å². The van der Waals surface area contributed by atoms with Crippen molar-refractivity contribution in [1.29, 1.82) is 0 Å². The molecule has 354 valence electrons. The van der Waals surface area contributed by atoms with Crippen molar-refractivity contribution >= 4 is 59.3 Å². The third kappa shape index (κ3) is 9.93. The minimum absolute atomic E-state index is 0.0126.